The number of aromatic amines is 1. The van der Waals surface area contributed by atoms with Gasteiger partial charge in [-0.2, -0.15) is 5.10 Å². The van der Waals surface area contributed by atoms with Crippen LogP contribution in [-0.4, -0.2) is 53.3 Å². The standard InChI is InChI=1S/C20H22N4O2/c1-14-6-4-7-15(12-14)18-21-19(23-22-18)16-8-5-9-17(13-16)20(25)24(2)10-11-26-3/h4-9,12-13H,10-11H2,1-3H3,(H,21,22,23). The van der Waals surface area contributed by atoms with E-state index in [2.05, 4.69) is 15.2 Å². The minimum atomic E-state index is -0.0534. The molecule has 1 heterocycles. The van der Waals surface area contributed by atoms with E-state index in [0.717, 1.165) is 16.7 Å². The molecule has 0 radical (unpaired) electrons. The second-order valence-electron chi connectivity index (χ2n) is 6.18. The Bertz CT molecular complexity index is 904. The van der Waals surface area contributed by atoms with Gasteiger partial charge in [0.05, 0.1) is 6.61 Å². The molecule has 3 aromatic rings. The Morgan fingerprint density at radius 3 is 2.69 bits per heavy atom. The second kappa shape index (κ2) is 7.93. The maximum atomic E-state index is 12.5. The lowest BCUT2D eigenvalue weighted by molar-refractivity contribution is 0.0744. The highest BCUT2D eigenvalue weighted by Crippen LogP contribution is 2.22. The van der Waals surface area contributed by atoms with Crippen LogP contribution in [0.25, 0.3) is 22.8 Å². The summed E-state index contributed by atoms with van der Waals surface area (Å²) in [6, 6.07) is 15.4. The first kappa shape index (κ1) is 17.8. The van der Waals surface area contributed by atoms with E-state index in [9.17, 15) is 4.79 Å². The molecular weight excluding hydrogens is 328 g/mol. The largest absolute Gasteiger partial charge is 0.383 e. The average molecular weight is 350 g/mol. The molecule has 134 valence electrons. The summed E-state index contributed by atoms with van der Waals surface area (Å²) in [4.78, 5) is 18.7. The number of aryl methyl sites for hydroxylation is 1. The van der Waals surface area contributed by atoms with Crippen LogP contribution in [0.15, 0.2) is 48.5 Å². The van der Waals surface area contributed by atoms with Crippen LogP contribution in [0.4, 0.5) is 0 Å². The van der Waals surface area contributed by atoms with Crippen molar-refractivity contribution in [3.05, 3.63) is 59.7 Å². The first-order valence-electron chi connectivity index (χ1n) is 8.43. The van der Waals surface area contributed by atoms with Gasteiger partial charge in [-0.1, -0.05) is 35.9 Å². The lowest BCUT2D eigenvalue weighted by Crippen LogP contribution is -2.29. The number of hydrogen-bond donors (Lipinski definition) is 1. The van der Waals surface area contributed by atoms with E-state index >= 15 is 0 Å². The Morgan fingerprint density at radius 1 is 1.15 bits per heavy atom. The topological polar surface area (TPSA) is 71.1 Å². The van der Waals surface area contributed by atoms with Crippen LogP contribution in [0.5, 0.6) is 0 Å². The molecule has 2 aromatic carbocycles. The van der Waals surface area contributed by atoms with Crippen molar-refractivity contribution < 1.29 is 9.53 Å². The summed E-state index contributed by atoms with van der Waals surface area (Å²) < 4.78 is 5.03. The van der Waals surface area contributed by atoms with Crippen LogP contribution in [0, 0.1) is 6.92 Å². The summed E-state index contributed by atoms with van der Waals surface area (Å²) >= 11 is 0. The third-order valence-corrected chi connectivity index (χ3v) is 4.12. The summed E-state index contributed by atoms with van der Waals surface area (Å²) in [6.07, 6.45) is 0. The smallest absolute Gasteiger partial charge is 0.253 e. The minimum absolute atomic E-state index is 0.0534. The highest BCUT2D eigenvalue weighted by Gasteiger charge is 2.14. The van der Waals surface area contributed by atoms with Crippen molar-refractivity contribution >= 4 is 5.91 Å². The van der Waals surface area contributed by atoms with Crippen molar-refractivity contribution in [2.75, 3.05) is 27.3 Å². The number of benzene rings is 2. The lowest BCUT2D eigenvalue weighted by Gasteiger charge is -2.16. The number of carbonyl (C=O) groups is 1. The Kier molecular flexibility index (Phi) is 5.43. The first-order valence-corrected chi connectivity index (χ1v) is 8.43. The first-order chi connectivity index (χ1) is 12.6. The molecule has 0 aliphatic carbocycles. The third kappa shape index (κ3) is 3.97. The van der Waals surface area contributed by atoms with Gasteiger partial charge >= 0.3 is 0 Å². The van der Waals surface area contributed by atoms with E-state index in [1.807, 2.05) is 49.4 Å². The molecule has 0 saturated heterocycles. The van der Waals surface area contributed by atoms with Crippen LogP contribution >= 0.6 is 0 Å². The Balaban J connectivity index is 1.84. The van der Waals surface area contributed by atoms with Crippen molar-refractivity contribution in [1.82, 2.24) is 20.1 Å². The average Bonchev–Trinajstić information content (AvgIpc) is 3.16. The predicted octanol–water partition coefficient (Wildman–Crippen LogP) is 3.17. The molecule has 6 nitrogen and oxygen atoms in total. The quantitative estimate of drug-likeness (QED) is 0.741. The molecular formula is C20H22N4O2. The molecule has 0 atom stereocenters. The number of nitrogens with zero attached hydrogens (tertiary/aromatic N) is 3. The molecule has 0 aliphatic heterocycles. The molecule has 1 N–H and O–H groups in total. The van der Waals surface area contributed by atoms with E-state index in [4.69, 9.17) is 4.74 Å². The maximum Gasteiger partial charge on any atom is 0.253 e. The SMILES string of the molecule is COCCN(C)C(=O)c1cccc(-c2nc(-c3cccc(C)c3)n[nH]2)c1. The summed E-state index contributed by atoms with van der Waals surface area (Å²) in [5.41, 5.74) is 3.54. The van der Waals surface area contributed by atoms with E-state index in [1.54, 1.807) is 25.1 Å². The van der Waals surface area contributed by atoms with Gasteiger partial charge in [0.2, 0.25) is 0 Å². The van der Waals surface area contributed by atoms with Crippen molar-refractivity contribution in [3.63, 3.8) is 0 Å². The van der Waals surface area contributed by atoms with Crippen molar-refractivity contribution in [2.45, 2.75) is 6.92 Å². The van der Waals surface area contributed by atoms with Crippen molar-refractivity contribution in [1.29, 1.82) is 0 Å². The van der Waals surface area contributed by atoms with Gasteiger partial charge in [0.15, 0.2) is 11.6 Å². The molecule has 0 bridgehead atoms. The number of aromatic nitrogens is 3. The molecule has 0 spiro atoms. The van der Waals surface area contributed by atoms with E-state index < -0.39 is 0 Å². The van der Waals surface area contributed by atoms with Gasteiger partial charge < -0.3 is 9.64 Å². The normalized spacial score (nSPS) is 10.7. The molecule has 3 rings (SSSR count). The molecule has 1 aromatic heterocycles. The number of amides is 1. The highest BCUT2D eigenvalue weighted by atomic mass is 16.5. The number of hydrogen-bond acceptors (Lipinski definition) is 4. The maximum absolute atomic E-state index is 12.5. The Labute approximate surface area is 152 Å². The molecule has 0 fully saturated rings. The number of nitrogens with one attached hydrogen (secondary N) is 1. The number of likely N-dealkylation sites (N-methyl/N-ethyl adjacent to an activating group) is 1. The summed E-state index contributed by atoms with van der Waals surface area (Å²) in [7, 11) is 3.38. The van der Waals surface area contributed by atoms with Crippen LogP contribution in [0.1, 0.15) is 15.9 Å². The summed E-state index contributed by atoms with van der Waals surface area (Å²) in [5.74, 6) is 1.22. The van der Waals surface area contributed by atoms with Gasteiger partial charge in [0.25, 0.3) is 5.91 Å². The van der Waals surface area contributed by atoms with Gasteiger partial charge in [0, 0.05) is 37.4 Å². The number of methoxy groups -OCH3 is 1. The zero-order valence-electron chi connectivity index (χ0n) is 15.2. The van der Waals surface area contributed by atoms with Gasteiger partial charge in [-0.15, -0.1) is 0 Å². The highest BCUT2D eigenvalue weighted by molar-refractivity contribution is 5.95. The third-order valence-electron chi connectivity index (χ3n) is 4.12. The van der Waals surface area contributed by atoms with E-state index in [0.29, 0.717) is 30.4 Å². The van der Waals surface area contributed by atoms with E-state index in [-0.39, 0.29) is 5.91 Å². The van der Waals surface area contributed by atoms with Crippen LogP contribution in [0.2, 0.25) is 0 Å². The van der Waals surface area contributed by atoms with E-state index in [1.165, 1.54) is 0 Å². The van der Waals surface area contributed by atoms with Crippen molar-refractivity contribution in [3.8, 4) is 22.8 Å². The summed E-state index contributed by atoms with van der Waals surface area (Å²) in [6.45, 7) is 3.08. The number of rotatable bonds is 6. The zero-order chi connectivity index (χ0) is 18.5. The van der Waals surface area contributed by atoms with Gasteiger partial charge in [0.1, 0.15) is 0 Å². The van der Waals surface area contributed by atoms with Gasteiger partial charge in [-0.25, -0.2) is 4.98 Å². The molecule has 1 amide bonds. The van der Waals surface area contributed by atoms with Gasteiger partial charge in [-0.05, 0) is 25.1 Å². The monoisotopic (exact) mass is 350 g/mol. The zero-order valence-corrected chi connectivity index (χ0v) is 15.2. The second-order valence-corrected chi connectivity index (χ2v) is 6.18. The molecule has 0 unspecified atom stereocenters. The lowest BCUT2D eigenvalue weighted by atomic mass is 10.1. The Hall–Kier alpha value is -2.99. The number of ether oxygens (including phenoxy) is 1. The summed E-state index contributed by atoms with van der Waals surface area (Å²) in [5, 5.41) is 7.27. The molecule has 6 heteroatoms. The van der Waals surface area contributed by atoms with Crippen LogP contribution in [-0.2, 0) is 4.74 Å². The Morgan fingerprint density at radius 2 is 1.92 bits per heavy atom. The number of carbonyl (C=O) groups excluding carboxylic acids is 1. The van der Waals surface area contributed by atoms with Crippen LogP contribution < -0.4 is 0 Å². The van der Waals surface area contributed by atoms with Crippen molar-refractivity contribution in [2.24, 2.45) is 0 Å². The van der Waals surface area contributed by atoms with Crippen LogP contribution in [0.3, 0.4) is 0 Å². The number of H-pyrrole nitrogens is 1. The minimum Gasteiger partial charge on any atom is -0.383 e. The fourth-order valence-electron chi connectivity index (χ4n) is 2.65. The molecule has 0 saturated carbocycles. The van der Waals surface area contributed by atoms with Gasteiger partial charge in [-0.3, -0.25) is 9.89 Å². The predicted molar refractivity (Wildman–Crippen MR) is 101 cm³/mol. The fourth-order valence-corrected chi connectivity index (χ4v) is 2.65. The molecule has 0 aliphatic rings. The molecule has 26 heavy (non-hydrogen) atoms. The fraction of sp³-hybridized carbons (Fsp3) is 0.250.